The number of carbonyl (C=O) groups is 3. The van der Waals surface area contributed by atoms with Crippen molar-refractivity contribution in [1.82, 2.24) is 0 Å². The lowest BCUT2D eigenvalue weighted by Crippen LogP contribution is -2.30. The maximum Gasteiger partial charge on any atom is 0.306 e. The smallest absolute Gasteiger partial charge is 0.306 e. The number of carbonyl (C=O) groups excluding carboxylic acids is 3. The summed E-state index contributed by atoms with van der Waals surface area (Å²) in [6.07, 6.45) is 71.0. The molecule has 6 heteroatoms. The van der Waals surface area contributed by atoms with Gasteiger partial charge in [-0.15, -0.1) is 0 Å². The molecule has 0 aliphatic carbocycles. The minimum Gasteiger partial charge on any atom is -0.462 e. The molecule has 0 amide bonds. The Balaban J connectivity index is 4.28. The highest BCUT2D eigenvalue weighted by Gasteiger charge is 2.19. The van der Waals surface area contributed by atoms with Gasteiger partial charge in [0.1, 0.15) is 13.2 Å². The second-order valence-corrected chi connectivity index (χ2v) is 20.2. The van der Waals surface area contributed by atoms with E-state index < -0.39 is 6.10 Å². The van der Waals surface area contributed by atoms with Crippen LogP contribution >= 0.6 is 0 Å². The van der Waals surface area contributed by atoms with E-state index in [1.807, 2.05) is 0 Å². The maximum atomic E-state index is 12.9. The highest BCUT2D eigenvalue weighted by atomic mass is 16.6. The summed E-state index contributed by atoms with van der Waals surface area (Å²) in [5.41, 5.74) is 0. The Labute approximate surface area is 428 Å². The highest BCUT2D eigenvalue weighted by Crippen LogP contribution is 2.17. The normalized spacial score (nSPS) is 12.3. The van der Waals surface area contributed by atoms with E-state index in [2.05, 4.69) is 69.4 Å². The van der Waals surface area contributed by atoms with Gasteiger partial charge in [-0.25, -0.2) is 0 Å². The molecule has 0 saturated carbocycles. The molecule has 0 aliphatic heterocycles. The summed E-state index contributed by atoms with van der Waals surface area (Å²) in [5, 5.41) is 0. The number of allylic oxidation sites excluding steroid dienone is 8. The van der Waals surface area contributed by atoms with E-state index in [1.165, 1.54) is 193 Å². The Bertz CT molecular complexity index is 1200. The van der Waals surface area contributed by atoms with Crippen LogP contribution in [0.5, 0.6) is 0 Å². The molecule has 0 spiro atoms. The fourth-order valence-electron chi connectivity index (χ4n) is 8.85. The lowest BCUT2D eigenvalue weighted by molar-refractivity contribution is -0.167. The van der Waals surface area contributed by atoms with E-state index in [0.717, 1.165) is 83.5 Å². The zero-order valence-corrected chi connectivity index (χ0v) is 46.1. The number of hydrogen-bond acceptors (Lipinski definition) is 6. The fourth-order valence-corrected chi connectivity index (χ4v) is 8.85. The lowest BCUT2D eigenvalue weighted by Gasteiger charge is -2.18. The van der Waals surface area contributed by atoms with Crippen molar-refractivity contribution < 1.29 is 28.6 Å². The standard InChI is InChI=1S/C63H114O6/c1-4-7-10-13-16-19-22-25-27-28-29-30-31-32-33-34-36-38-41-44-47-50-53-56-62(65)68-59-60(58-67-61(64)55-52-49-46-43-40-37-24-21-18-15-12-9-6-3)69-63(66)57-54-51-48-45-42-39-35-26-23-20-17-14-11-8-5-2/h7,10,16,19,25,27,29-30,60H,4-6,8-9,11-15,17-18,20-24,26,28,31-59H2,1-3H3/b10-7-,19-16-,27-25-,30-29-. The highest BCUT2D eigenvalue weighted by molar-refractivity contribution is 5.71. The lowest BCUT2D eigenvalue weighted by atomic mass is 10.0. The molecule has 0 rings (SSSR count). The Kier molecular flexibility index (Phi) is 55.7. The van der Waals surface area contributed by atoms with Crippen LogP contribution in [0.2, 0.25) is 0 Å². The zero-order chi connectivity index (χ0) is 50.0. The molecule has 0 aliphatic rings. The van der Waals surface area contributed by atoms with Crippen molar-refractivity contribution >= 4 is 17.9 Å². The van der Waals surface area contributed by atoms with E-state index in [-0.39, 0.29) is 31.1 Å². The van der Waals surface area contributed by atoms with Gasteiger partial charge in [-0.2, -0.15) is 0 Å². The molecule has 1 unspecified atom stereocenters. The Morgan fingerprint density at radius 2 is 0.565 bits per heavy atom. The molecule has 1 atom stereocenters. The van der Waals surface area contributed by atoms with Crippen LogP contribution < -0.4 is 0 Å². The van der Waals surface area contributed by atoms with E-state index in [9.17, 15) is 14.4 Å². The second-order valence-electron chi connectivity index (χ2n) is 20.2. The van der Waals surface area contributed by atoms with Gasteiger partial charge in [0.25, 0.3) is 0 Å². The summed E-state index contributed by atoms with van der Waals surface area (Å²) >= 11 is 0. The van der Waals surface area contributed by atoms with E-state index in [4.69, 9.17) is 14.2 Å². The van der Waals surface area contributed by atoms with Crippen LogP contribution in [0.4, 0.5) is 0 Å². The van der Waals surface area contributed by atoms with Crippen molar-refractivity contribution in [3.63, 3.8) is 0 Å². The van der Waals surface area contributed by atoms with Crippen LogP contribution in [0.3, 0.4) is 0 Å². The van der Waals surface area contributed by atoms with Crippen LogP contribution in [0.25, 0.3) is 0 Å². The molecule has 69 heavy (non-hydrogen) atoms. The molecular weight excluding hydrogens is 853 g/mol. The van der Waals surface area contributed by atoms with Crippen molar-refractivity contribution in [1.29, 1.82) is 0 Å². The van der Waals surface area contributed by atoms with Crippen molar-refractivity contribution in [3.8, 4) is 0 Å². The summed E-state index contributed by atoms with van der Waals surface area (Å²) in [5.74, 6) is -0.854. The SMILES string of the molecule is CC/C=C\C/C=C\C/C=C\C/C=C\CCCCCCCCCCCCC(=O)OCC(COC(=O)CCCCCCCCCCCCCCC)OC(=O)CCCCCCCCCCCCCCCCC. The van der Waals surface area contributed by atoms with Gasteiger partial charge in [-0.05, 0) is 57.8 Å². The third-order valence-corrected chi connectivity index (χ3v) is 13.3. The Hall–Kier alpha value is -2.63. The molecule has 0 saturated heterocycles. The van der Waals surface area contributed by atoms with Crippen LogP contribution in [0, 0.1) is 0 Å². The van der Waals surface area contributed by atoms with E-state index in [1.54, 1.807) is 0 Å². The van der Waals surface area contributed by atoms with Gasteiger partial charge in [0.2, 0.25) is 0 Å². The number of hydrogen-bond donors (Lipinski definition) is 0. The average molecular weight is 968 g/mol. The Morgan fingerprint density at radius 3 is 0.884 bits per heavy atom. The van der Waals surface area contributed by atoms with Gasteiger partial charge in [-0.1, -0.05) is 288 Å². The number of esters is 3. The van der Waals surface area contributed by atoms with E-state index >= 15 is 0 Å². The van der Waals surface area contributed by atoms with Gasteiger partial charge in [0.15, 0.2) is 6.10 Å². The summed E-state index contributed by atoms with van der Waals surface area (Å²) in [6, 6.07) is 0. The van der Waals surface area contributed by atoms with Crippen molar-refractivity contribution in [2.45, 2.75) is 322 Å². The van der Waals surface area contributed by atoms with Gasteiger partial charge >= 0.3 is 17.9 Å². The monoisotopic (exact) mass is 967 g/mol. The largest absolute Gasteiger partial charge is 0.462 e. The second kappa shape index (κ2) is 57.9. The number of rotatable bonds is 55. The van der Waals surface area contributed by atoms with Crippen molar-refractivity contribution in [3.05, 3.63) is 48.6 Å². The molecular formula is C63H114O6. The summed E-state index contributed by atoms with van der Waals surface area (Å²) in [6.45, 7) is 6.57. The van der Waals surface area contributed by atoms with Crippen LogP contribution in [0.1, 0.15) is 316 Å². The summed E-state index contributed by atoms with van der Waals surface area (Å²) in [4.78, 5) is 38.2. The average Bonchev–Trinajstić information content (AvgIpc) is 3.35. The molecule has 402 valence electrons. The van der Waals surface area contributed by atoms with Gasteiger partial charge in [-0.3, -0.25) is 14.4 Å². The fraction of sp³-hybridized carbons (Fsp3) is 0.825. The molecule has 0 fully saturated rings. The first kappa shape index (κ1) is 66.4. The molecule has 0 radical (unpaired) electrons. The molecule has 0 heterocycles. The maximum absolute atomic E-state index is 12.9. The predicted octanol–water partition coefficient (Wildman–Crippen LogP) is 20.2. The quantitative estimate of drug-likeness (QED) is 0.0262. The molecule has 0 bridgehead atoms. The summed E-state index contributed by atoms with van der Waals surface area (Å²) in [7, 11) is 0. The molecule has 6 nitrogen and oxygen atoms in total. The van der Waals surface area contributed by atoms with Crippen LogP contribution in [0.15, 0.2) is 48.6 Å². The summed E-state index contributed by atoms with van der Waals surface area (Å²) < 4.78 is 16.9. The number of ether oxygens (including phenoxy) is 3. The third kappa shape index (κ3) is 56.2. The third-order valence-electron chi connectivity index (χ3n) is 13.3. The topological polar surface area (TPSA) is 78.9 Å². The zero-order valence-electron chi connectivity index (χ0n) is 46.1. The van der Waals surface area contributed by atoms with Gasteiger partial charge < -0.3 is 14.2 Å². The van der Waals surface area contributed by atoms with Gasteiger partial charge in [0, 0.05) is 19.3 Å². The minimum absolute atomic E-state index is 0.0690. The Morgan fingerprint density at radius 1 is 0.304 bits per heavy atom. The first-order valence-electron chi connectivity index (χ1n) is 30.1. The number of unbranched alkanes of at least 4 members (excludes halogenated alkanes) is 36. The first-order chi connectivity index (χ1) is 34.0. The molecule has 0 aromatic carbocycles. The molecule has 0 aromatic heterocycles. The van der Waals surface area contributed by atoms with Crippen molar-refractivity contribution in [2.24, 2.45) is 0 Å². The predicted molar refractivity (Wildman–Crippen MR) is 298 cm³/mol. The van der Waals surface area contributed by atoms with Crippen LogP contribution in [-0.4, -0.2) is 37.2 Å². The molecule has 0 N–H and O–H groups in total. The first-order valence-corrected chi connectivity index (χ1v) is 30.1. The van der Waals surface area contributed by atoms with Gasteiger partial charge in [0.05, 0.1) is 0 Å². The van der Waals surface area contributed by atoms with Crippen LogP contribution in [-0.2, 0) is 28.6 Å². The van der Waals surface area contributed by atoms with E-state index in [0.29, 0.717) is 19.3 Å². The minimum atomic E-state index is -0.770. The van der Waals surface area contributed by atoms with Crippen molar-refractivity contribution in [2.75, 3.05) is 13.2 Å². The molecule has 0 aromatic rings.